The first kappa shape index (κ1) is 28.7. The van der Waals surface area contributed by atoms with Gasteiger partial charge in [0, 0.05) is 31.6 Å². The monoisotopic (exact) mass is 533 g/mol. The van der Waals surface area contributed by atoms with Gasteiger partial charge in [-0.2, -0.15) is 5.26 Å². The molecule has 5 atom stereocenters. The summed E-state index contributed by atoms with van der Waals surface area (Å²) in [6, 6.07) is 8.82. The summed E-state index contributed by atoms with van der Waals surface area (Å²) in [5.41, 5.74) is 1.29. The molecule has 2 aliphatic rings. The lowest BCUT2D eigenvalue weighted by Gasteiger charge is -2.26. The molecular weight excluding hydrogens is 498 g/mol. The first-order chi connectivity index (χ1) is 17.9. The largest absolute Gasteiger partial charge is 0.391 e. The van der Waals surface area contributed by atoms with Crippen LogP contribution in [0.2, 0.25) is 0 Å². The van der Waals surface area contributed by atoms with E-state index in [9.17, 15) is 24.8 Å². The van der Waals surface area contributed by atoms with Gasteiger partial charge in [-0.25, -0.2) is 0 Å². The summed E-state index contributed by atoms with van der Waals surface area (Å²) in [7, 11) is 1.56. The Kier molecular flexibility index (Phi) is 11.0. The highest BCUT2D eigenvalue weighted by Crippen LogP contribution is 2.36. The van der Waals surface area contributed by atoms with Crippen molar-refractivity contribution >= 4 is 40.9 Å². The van der Waals surface area contributed by atoms with Gasteiger partial charge < -0.3 is 35.4 Å². The number of amides is 3. The number of aliphatic hydroxyl groups excluding tert-OH is 1. The average molecular weight is 534 g/mol. The van der Waals surface area contributed by atoms with Crippen LogP contribution in [-0.4, -0.2) is 90.5 Å². The van der Waals surface area contributed by atoms with Crippen LogP contribution in [0.1, 0.15) is 26.2 Å². The van der Waals surface area contributed by atoms with E-state index in [2.05, 4.69) is 22.0 Å². The summed E-state index contributed by atoms with van der Waals surface area (Å²) < 4.78 is 10.1. The van der Waals surface area contributed by atoms with Gasteiger partial charge in [0.05, 0.1) is 31.4 Å². The van der Waals surface area contributed by atoms with Gasteiger partial charge in [-0.3, -0.25) is 14.4 Å². The Morgan fingerprint density at radius 1 is 1.30 bits per heavy atom. The molecule has 0 bridgehead atoms. The molecule has 0 spiro atoms. The maximum Gasteiger partial charge on any atom is 0.250 e. The second-order valence-corrected chi connectivity index (χ2v) is 10.2. The van der Waals surface area contributed by atoms with E-state index >= 15 is 0 Å². The molecule has 1 aliphatic heterocycles. The summed E-state index contributed by atoms with van der Waals surface area (Å²) in [6.45, 7) is 3.12. The molecule has 4 N–H and O–H groups in total. The minimum absolute atomic E-state index is 0.0875. The Hall–Kier alpha value is -2.85. The number of anilines is 2. The van der Waals surface area contributed by atoms with E-state index in [1.807, 2.05) is 13.0 Å². The highest BCUT2D eigenvalue weighted by atomic mass is 32.2. The second-order valence-electron chi connectivity index (χ2n) is 8.91. The number of nitriles is 1. The predicted molar refractivity (Wildman–Crippen MR) is 140 cm³/mol. The molecule has 12 heteroatoms. The van der Waals surface area contributed by atoms with Gasteiger partial charge in [0.25, 0.3) is 0 Å². The highest BCUT2D eigenvalue weighted by molar-refractivity contribution is 8.01. The van der Waals surface area contributed by atoms with E-state index in [1.165, 1.54) is 11.8 Å². The number of thioether (sulfide) groups is 1. The van der Waals surface area contributed by atoms with Crippen molar-refractivity contribution in [2.45, 2.75) is 49.0 Å². The lowest BCUT2D eigenvalue weighted by Crippen LogP contribution is -2.48. The summed E-state index contributed by atoms with van der Waals surface area (Å²) in [4.78, 5) is 39.6. The van der Waals surface area contributed by atoms with E-state index in [0.29, 0.717) is 44.0 Å². The zero-order valence-electron chi connectivity index (χ0n) is 21.1. The van der Waals surface area contributed by atoms with Crippen LogP contribution in [0.25, 0.3) is 0 Å². The van der Waals surface area contributed by atoms with E-state index in [4.69, 9.17) is 9.47 Å². The fourth-order valence-corrected chi connectivity index (χ4v) is 5.90. The van der Waals surface area contributed by atoms with Crippen LogP contribution >= 0.6 is 11.8 Å². The molecule has 1 heterocycles. The normalized spacial score (nSPS) is 23.9. The first-order valence-corrected chi connectivity index (χ1v) is 13.4. The minimum Gasteiger partial charge on any atom is -0.391 e. The van der Waals surface area contributed by atoms with E-state index in [0.717, 1.165) is 6.42 Å². The van der Waals surface area contributed by atoms with Crippen molar-refractivity contribution in [3.8, 4) is 6.07 Å². The van der Waals surface area contributed by atoms with Gasteiger partial charge in [-0.05, 0) is 44.4 Å². The number of carbonyl (C=O) groups excluding carboxylic acids is 3. The third-order valence-electron chi connectivity index (χ3n) is 6.33. The van der Waals surface area contributed by atoms with Crippen molar-refractivity contribution in [1.29, 1.82) is 5.26 Å². The minimum atomic E-state index is -1.05. The second kappa shape index (κ2) is 14.2. The molecule has 1 saturated carbocycles. The standard InChI is InChI=1S/C25H35N5O6S/c1-3-30-24(34)21(37-25(30)18(13-26)23(33)29-19-8-5-9-20(19)31)14-27-16-6-4-7-17(12-16)28-22(32)15-36-11-10-35-2/h4,6-7,12,18-21,25,27,31H,3,5,8-11,14-15H2,1-2H3,(H,28,32)(H,29,33)/t18?,19-,20-,21?,25?/m0/s1. The van der Waals surface area contributed by atoms with Gasteiger partial charge in [0.15, 0.2) is 5.92 Å². The van der Waals surface area contributed by atoms with Crippen LogP contribution in [0.4, 0.5) is 11.4 Å². The zero-order valence-corrected chi connectivity index (χ0v) is 22.0. The van der Waals surface area contributed by atoms with Gasteiger partial charge in [-0.1, -0.05) is 6.07 Å². The van der Waals surface area contributed by atoms with Gasteiger partial charge in [0.2, 0.25) is 17.7 Å². The fourth-order valence-electron chi connectivity index (χ4n) is 4.39. The van der Waals surface area contributed by atoms with Crippen LogP contribution in [0, 0.1) is 17.2 Å². The Morgan fingerprint density at radius 2 is 2.08 bits per heavy atom. The van der Waals surface area contributed by atoms with E-state index in [-0.39, 0.29) is 31.0 Å². The number of ether oxygens (including phenoxy) is 2. The lowest BCUT2D eigenvalue weighted by atomic mass is 10.1. The Labute approximate surface area is 221 Å². The van der Waals surface area contributed by atoms with Crippen LogP contribution in [0.15, 0.2) is 24.3 Å². The quantitative estimate of drug-likeness (QED) is 0.274. The van der Waals surface area contributed by atoms with Crippen LogP contribution in [0.3, 0.4) is 0 Å². The number of rotatable bonds is 13. The maximum atomic E-state index is 13.1. The molecule has 202 valence electrons. The van der Waals surface area contributed by atoms with Crippen LogP contribution in [0.5, 0.6) is 0 Å². The maximum absolute atomic E-state index is 13.1. The number of hydrogen-bond acceptors (Lipinski definition) is 9. The van der Waals surface area contributed by atoms with Crippen molar-refractivity contribution in [3.63, 3.8) is 0 Å². The highest BCUT2D eigenvalue weighted by Gasteiger charge is 2.46. The molecule has 0 radical (unpaired) electrons. The Balaban J connectivity index is 1.56. The van der Waals surface area contributed by atoms with Crippen molar-refractivity contribution in [2.24, 2.45) is 5.92 Å². The lowest BCUT2D eigenvalue weighted by molar-refractivity contribution is -0.131. The van der Waals surface area contributed by atoms with E-state index in [1.54, 1.807) is 30.2 Å². The number of methoxy groups -OCH3 is 1. The zero-order chi connectivity index (χ0) is 26.8. The number of benzene rings is 1. The van der Waals surface area contributed by atoms with Crippen molar-refractivity contribution in [3.05, 3.63) is 24.3 Å². The number of nitrogens with one attached hydrogen (secondary N) is 3. The van der Waals surface area contributed by atoms with Gasteiger partial charge in [-0.15, -0.1) is 11.8 Å². The van der Waals surface area contributed by atoms with Gasteiger partial charge >= 0.3 is 0 Å². The molecule has 3 unspecified atom stereocenters. The SMILES string of the molecule is CCN1C(=O)C(CNc2cccc(NC(=O)COCCOC)c2)SC1C(C#N)C(=O)N[C@H]1CCC[C@@H]1O. The summed E-state index contributed by atoms with van der Waals surface area (Å²) in [5, 5.41) is 27.5. The van der Waals surface area contributed by atoms with Crippen LogP contribution < -0.4 is 16.0 Å². The smallest absolute Gasteiger partial charge is 0.250 e. The molecule has 11 nitrogen and oxygen atoms in total. The van der Waals surface area contributed by atoms with E-state index < -0.39 is 28.6 Å². The molecule has 1 saturated heterocycles. The average Bonchev–Trinajstić information content (AvgIpc) is 3.43. The van der Waals surface area contributed by atoms with Gasteiger partial charge in [0.1, 0.15) is 17.2 Å². The van der Waals surface area contributed by atoms with Crippen molar-refractivity contribution in [2.75, 3.05) is 50.7 Å². The molecule has 1 aromatic rings. The fraction of sp³-hybridized carbons (Fsp3) is 0.600. The number of hydrogen-bond donors (Lipinski definition) is 4. The summed E-state index contributed by atoms with van der Waals surface area (Å²) >= 11 is 1.29. The topological polar surface area (TPSA) is 153 Å². The predicted octanol–water partition coefficient (Wildman–Crippen LogP) is 1.16. The molecule has 0 aromatic heterocycles. The number of nitrogens with zero attached hydrogens (tertiary/aromatic N) is 2. The summed E-state index contributed by atoms with van der Waals surface area (Å²) in [5.74, 6) is -1.93. The first-order valence-electron chi connectivity index (χ1n) is 12.4. The van der Waals surface area contributed by atoms with Crippen molar-refractivity contribution < 1.29 is 29.0 Å². The molecule has 1 aliphatic carbocycles. The third kappa shape index (κ3) is 7.82. The Morgan fingerprint density at radius 3 is 2.76 bits per heavy atom. The van der Waals surface area contributed by atoms with Crippen molar-refractivity contribution in [1.82, 2.24) is 10.2 Å². The molecule has 2 fully saturated rings. The molecule has 3 amide bonds. The third-order valence-corrected chi connectivity index (χ3v) is 7.83. The number of carbonyl (C=O) groups is 3. The molecular formula is C25H35N5O6S. The number of aliphatic hydroxyl groups is 1. The summed E-state index contributed by atoms with van der Waals surface area (Å²) in [6.07, 6.45) is 1.51. The molecule has 1 aromatic carbocycles. The van der Waals surface area contributed by atoms with Crippen LogP contribution in [-0.2, 0) is 23.9 Å². The molecule has 3 rings (SSSR count). The molecule has 37 heavy (non-hydrogen) atoms. The Bertz CT molecular complexity index is 989.